The first-order chi connectivity index (χ1) is 8.07. The number of aliphatic imine (C=N–C) groups is 1. The van der Waals surface area contributed by atoms with Gasteiger partial charge in [0.05, 0.1) is 18.2 Å². The highest BCUT2D eigenvalue weighted by Crippen LogP contribution is 2.42. The number of guanidine groups is 1. The van der Waals surface area contributed by atoms with Crippen LogP contribution in [-0.4, -0.2) is 67.7 Å². The molecule has 1 heterocycles. The molecule has 1 aliphatic heterocycles. The molecule has 0 aromatic carbocycles. The van der Waals surface area contributed by atoms with Gasteiger partial charge in [0.2, 0.25) is 0 Å². The summed E-state index contributed by atoms with van der Waals surface area (Å²) >= 11 is 0. The van der Waals surface area contributed by atoms with E-state index in [1.54, 1.807) is 0 Å². The summed E-state index contributed by atoms with van der Waals surface area (Å²) in [6.45, 7) is 5.66. The summed E-state index contributed by atoms with van der Waals surface area (Å²) < 4.78 is 5.64. The average molecular weight is 240 g/mol. The van der Waals surface area contributed by atoms with E-state index >= 15 is 0 Å². The summed E-state index contributed by atoms with van der Waals surface area (Å²) in [4.78, 5) is 8.87. The molecule has 0 aromatic rings. The molecule has 2 aliphatic rings. The Labute approximate surface area is 104 Å². The Morgan fingerprint density at radius 3 is 2.82 bits per heavy atom. The average Bonchev–Trinajstić information content (AvgIpc) is 2.53. The predicted octanol–water partition coefficient (Wildman–Crippen LogP) is 0.116. The molecule has 0 radical (unpaired) electrons. The van der Waals surface area contributed by atoms with E-state index in [-0.39, 0.29) is 5.54 Å². The second kappa shape index (κ2) is 4.82. The minimum absolute atomic E-state index is 0.167. The third-order valence-corrected chi connectivity index (χ3v) is 3.77. The highest BCUT2D eigenvalue weighted by molar-refractivity contribution is 5.81. The Kier molecular flexibility index (Phi) is 3.58. The van der Waals surface area contributed by atoms with Crippen molar-refractivity contribution in [3.05, 3.63) is 0 Å². The first kappa shape index (κ1) is 12.6. The third-order valence-electron chi connectivity index (χ3n) is 3.77. The monoisotopic (exact) mass is 240 g/mol. The summed E-state index contributed by atoms with van der Waals surface area (Å²) in [6.07, 6.45) is 2.54. The van der Waals surface area contributed by atoms with Gasteiger partial charge in [-0.05, 0) is 33.9 Å². The van der Waals surface area contributed by atoms with Crippen LogP contribution in [0.2, 0.25) is 0 Å². The molecular formula is C12H24N4O. The van der Waals surface area contributed by atoms with Gasteiger partial charge in [-0.25, -0.2) is 0 Å². The second-order valence-corrected chi connectivity index (χ2v) is 5.34. The van der Waals surface area contributed by atoms with E-state index in [2.05, 4.69) is 28.9 Å². The zero-order valence-corrected chi connectivity index (χ0v) is 11.1. The molecule has 1 aliphatic carbocycles. The molecule has 0 aromatic heterocycles. The van der Waals surface area contributed by atoms with Gasteiger partial charge < -0.3 is 20.3 Å². The standard InChI is InChI=1S/C12H24N4O/c1-4-17-10-7-12(8-10)9-14-11(13)16(12)6-5-15(2)3/h10H,4-9H2,1-3H3,(H2,13,14). The number of rotatable bonds is 5. The van der Waals surface area contributed by atoms with Crippen molar-refractivity contribution < 1.29 is 4.74 Å². The largest absolute Gasteiger partial charge is 0.378 e. The molecular weight excluding hydrogens is 216 g/mol. The van der Waals surface area contributed by atoms with E-state index in [1.165, 1.54) is 0 Å². The predicted molar refractivity (Wildman–Crippen MR) is 69.1 cm³/mol. The van der Waals surface area contributed by atoms with E-state index in [4.69, 9.17) is 10.5 Å². The Hall–Kier alpha value is -0.810. The fraction of sp³-hybridized carbons (Fsp3) is 0.917. The Bertz CT molecular complexity index is 297. The van der Waals surface area contributed by atoms with Gasteiger partial charge in [-0.2, -0.15) is 0 Å². The van der Waals surface area contributed by atoms with Crippen LogP contribution >= 0.6 is 0 Å². The van der Waals surface area contributed by atoms with Crippen LogP contribution in [0.5, 0.6) is 0 Å². The first-order valence-corrected chi connectivity index (χ1v) is 6.41. The first-order valence-electron chi connectivity index (χ1n) is 6.41. The molecule has 0 saturated heterocycles. The maximum Gasteiger partial charge on any atom is 0.191 e. The maximum atomic E-state index is 5.99. The van der Waals surface area contributed by atoms with Crippen LogP contribution in [0, 0.1) is 0 Å². The Morgan fingerprint density at radius 2 is 2.24 bits per heavy atom. The molecule has 5 nitrogen and oxygen atoms in total. The molecule has 1 spiro atoms. The van der Waals surface area contributed by atoms with Gasteiger partial charge in [-0.15, -0.1) is 0 Å². The van der Waals surface area contributed by atoms with E-state index < -0.39 is 0 Å². The van der Waals surface area contributed by atoms with Gasteiger partial charge >= 0.3 is 0 Å². The SMILES string of the molecule is CCOC1CC2(CN=C(N)N2CCN(C)C)C1. The summed E-state index contributed by atoms with van der Waals surface area (Å²) in [6, 6.07) is 0. The van der Waals surface area contributed by atoms with Crippen LogP contribution in [0.4, 0.5) is 0 Å². The number of hydrogen-bond donors (Lipinski definition) is 1. The van der Waals surface area contributed by atoms with Gasteiger partial charge in [-0.3, -0.25) is 4.99 Å². The number of ether oxygens (including phenoxy) is 1. The minimum Gasteiger partial charge on any atom is -0.378 e. The molecule has 0 amide bonds. The lowest BCUT2D eigenvalue weighted by Crippen LogP contribution is -2.62. The van der Waals surface area contributed by atoms with Gasteiger partial charge in [0.1, 0.15) is 0 Å². The fourth-order valence-electron chi connectivity index (χ4n) is 2.78. The Balaban J connectivity index is 1.90. The van der Waals surface area contributed by atoms with Crippen molar-refractivity contribution in [2.24, 2.45) is 10.7 Å². The van der Waals surface area contributed by atoms with Crippen molar-refractivity contribution in [1.82, 2.24) is 9.80 Å². The molecule has 1 fully saturated rings. The van der Waals surface area contributed by atoms with Crippen molar-refractivity contribution in [3.8, 4) is 0 Å². The van der Waals surface area contributed by atoms with E-state index in [1.807, 2.05) is 6.92 Å². The van der Waals surface area contributed by atoms with Crippen LogP contribution in [0.25, 0.3) is 0 Å². The normalized spacial score (nSPS) is 32.1. The molecule has 1 saturated carbocycles. The molecule has 0 bridgehead atoms. The van der Waals surface area contributed by atoms with E-state index in [0.29, 0.717) is 12.1 Å². The smallest absolute Gasteiger partial charge is 0.191 e. The van der Waals surface area contributed by atoms with Crippen LogP contribution < -0.4 is 5.73 Å². The van der Waals surface area contributed by atoms with Crippen LogP contribution in [0.15, 0.2) is 4.99 Å². The quantitative estimate of drug-likeness (QED) is 0.741. The van der Waals surface area contributed by atoms with E-state index in [9.17, 15) is 0 Å². The van der Waals surface area contributed by atoms with Crippen molar-refractivity contribution in [1.29, 1.82) is 0 Å². The molecule has 0 atom stereocenters. The molecule has 98 valence electrons. The fourth-order valence-corrected chi connectivity index (χ4v) is 2.78. The minimum atomic E-state index is 0.167. The van der Waals surface area contributed by atoms with Crippen molar-refractivity contribution in [3.63, 3.8) is 0 Å². The van der Waals surface area contributed by atoms with Crippen molar-refractivity contribution >= 4 is 5.96 Å². The lowest BCUT2D eigenvalue weighted by Gasteiger charge is -2.50. The number of hydrogen-bond acceptors (Lipinski definition) is 5. The van der Waals surface area contributed by atoms with Crippen LogP contribution in [0.3, 0.4) is 0 Å². The second-order valence-electron chi connectivity index (χ2n) is 5.34. The number of likely N-dealkylation sites (N-methyl/N-ethyl adjacent to an activating group) is 1. The van der Waals surface area contributed by atoms with Gasteiger partial charge in [0, 0.05) is 19.7 Å². The van der Waals surface area contributed by atoms with Gasteiger partial charge in [0.15, 0.2) is 5.96 Å². The molecule has 2 rings (SSSR count). The molecule has 5 heteroatoms. The van der Waals surface area contributed by atoms with Crippen LogP contribution in [0.1, 0.15) is 19.8 Å². The van der Waals surface area contributed by atoms with Crippen molar-refractivity contribution in [2.75, 3.05) is 40.3 Å². The van der Waals surface area contributed by atoms with Gasteiger partial charge in [-0.1, -0.05) is 0 Å². The Morgan fingerprint density at radius 1 is 1.53 bits per heavy atom. The summed E-state index contributed by atoms with van der Waals surface area (Å²) in [7, 11) is 4.17. The number of nitrogens with two attached hydrogens (primary N) is 1. The number of nitrogens with zero attached hydrogens (tertiary/aromatic N) is 3. The lowest BCUT2D eigenvalue weighted by atomic mass is 9.73. The topological polar surface area (TPSA) is 54.1 Å². The lowest BCUT2D eigenvalue weighted by molar-refractivity contribution is -0.0737. The maximum absolute atomic E-state index is 5.99. The summed E-state index contributed by atoms with van der Waals surface area (Å²) in [5.74, 6) is 0.710. The zero-order chi connectivity index (χ0) is 12.5. The molecule has 0 unspecified atom stereocenters. The molecule has 17 heavy (non-hydrogen) atoms. The van der Waals surface area contributed by atoms with Crippen LogP contribution in [-0.2, 0) is 4.74 Å². The van der Waals surface area contributed by atoms with Gasteiger partial charge in [0.25, 0.3) is 0 Å². The van der Waals surface area contributed by atoms with E-state index in [0.717, 1.165) is 39.1 Å². The zero-order valence-electron chi connectivity index (χ0n) is 11.1. The highest BCUT2D eigenvalue weighted by Gasteiger charge is 2.52. The summed E-state index contributed by atoms with van der Waals surface area (Å²) in [5, 5.41) is 0. The third kappa shape index (κ3) is 2.40. The summed E-state index contributed by atoms with van der Waals surface area (Å²) in [5.41, 5.74) is 6.15. The molecule has 2 N–H and O–H groups in total. The highest BCUT2D eigenvalue weighted by atomic mass is 16.5. The van der Waals surface area contributed by atoms with Crippen molar-refractivity contribution in [2.45, 2.75) is 31.4 Å².